The van der Waals surface area contributed by atoms with Gasteiger partial charge in [-0.15, -0.1) is 11.3 Å². The maximum absolute atomic E-state index is 12.4. The zero-order valence-corrected chi connectivity index (χ0v) is 17.3. The molecule has 0 aliphatic carbocycles. The van der Waals surface area contributed by atoms with E-state index in [1.807, 2.05) is 56.3 Å². The highest BCUT2D eigenvalue weighted by Gasteiger charge is 2.15. The molecule has 0 saturated carbocycles. The molecule has 7 heteroatoms. The van der Waals surface area contributed by atoms with Crippen LogP contribution in [0.5, 0.6) is 0 Å². The van der Waals surface area contributed by atoms with Crippen molar-refractivity contribution in [2.45, 2.75) is 32.7 Å². The maximum Gasteiger partial charge on any atom is 0.325 e. The Hall–Kier alpha value is -3.19. The lowest BCUT2D eigenvalue weighted by Crippen LogP contribution is -2.33. The highest BCUT2D eigenvalue weighted by atomic mass is 32.1. The van der Waals surface area contributed by atoms with Gasteiger partial charge in [0.25, 0.3) is 5.91 Å². The van der Waals surface area contributed by atoms with Crippen molar-refractivity contribution in [1.82, 2.24) is 10.3 Å². The Balaban J connectivity index is 1.47. The van der Waals surface area contributed by atoms with Crippen LogP contribution in [-0.4, -0.2) is 23.0 Å². The van der Waals surface area contributed by atoms with Crippen LogP contribution in [0.25, 0.3) is 0 Å². The van der Waals surface area contributed by atoms with Gasteiger partial charge >= 0.3 is 6.03 Å². The monoisotopic (exact) mass is 408 g/mol. The lowest BCUT2D eigenvalue weighted by atomic mass is 10.1. The van der Waals surface area contributed by atoms with Crippen molar-refractivity contribution >= 4 is 34.1 Å². The van der Waals surface area contributed by atoms with Crippen LogP contribution >= 0.6 is 11.3 Å². The smallest absolute Gasteiger partial charge is 0.325 e. The van der Waals surface area contributed by atoms with Crippen molar-refractivity contribution in [1.29, 1.82) is 0 Å². The molecular weight excluding hydrogens is 384 g/mol. The number of carbonyl (C=O) groups is 2. The molecule has 0 radical (unpaired) electrons. The average molecular weight is 409 g/mol. The van der Waals surface area contributed by atoms with E-state index in [9.17, 15) is 9.59 Å². The summed E-state index contributed by atoms with van der Waals surface area (Å²) in [6, 6.07) is 17.3. The van der Waals surface area contributed by atoms with Gasteiger partial charge in [0.2, 0.25) is 0 Å². The van der Waals surface area contributed by atoms with Crippen LogP contribution in [0.15, 0.2) is 60.0 Å². The van der Waals surface area contributed by atoms with E-state index in [1.165, 1.54) is 16.9 Å². The number of nitrogens with zero attached hydrogens (tertiary/aromatic N) is 1. The molecule has 0 fully saturated rings. The molecule has 0 spiro atoms. The molecule has 150 valence electrons. The minimum atomic E-state index is -0.397. The first kappa shape index (κ1) is 20.5. The van der Waals surface area contributed by atoms with E-state index in [4.69, 9.17) is 0 Å². The second-order valence-electron chi connectivity index (χ2n) is 6.88. The zero-order valence-electron chi connectivity index (χ0n) is 16.4. The molecule has 0 saturated heterocycles. The minimum absolute atomic E-state index is 0.0191. The van der Waals surface area contributed by atoms with E-state index >= 15 is 0 Å². The second-order valence-corrected chi connectivity index (χ2v) is 7.74. The third-order valence-electron chi connectivity index (χ3n) is 4.35. The van der Waals surface area contributed by atoms with Crippen LogP contribution < -0.4 is 16.0 Å². The van der Waals surface area contributed by atoms with Crippen molar-refractivity contribution in [3.8, 4) is 0 Å². The van der Waals surface area contributed by atoms with Crippen molar-refractivity contribution in [3.63, 3.8) is 0 Å². The number of rotatable bonds is 7. The summed E-state index contributed by atoms with van der Waals surface area (Å²) in [6.07, 6.45) is 1.73. The molecule has 6 nitrogen and oxygen atoms in total. The summed E-state index contributed by atoms with van der Waals surface area (Å²) < 4.78 is 0. The van der Waals surface area contributed by atoms with E-state index in [0.717, 1.165) is 18.4 Å². The van der Waals surface area contributed by atoms with E-state index in [0.29, 0.717) is 16.5 Å². The number of hydrogen-bond acceptors (Lipinski definition) is 4. The normalized spacial score (nSPS) is 11.5. The third kappa shape index (κ3) is 6.43. The number of carbonyl (C=O) groups excluding carboxylic acids is 2. The van der Waals surface area contributed by atoms with Gasteiger partial charge in [0.05, 0.1) is 0 Å². The molecule has 3 N–H and O–H groups in total. The van der Waals surface area contributed by atoms with Crippen LogP contribution in [-0.2, 0) is 6.42 Å². The summed E-state index contributed by atoms with van der Waals surface area (Å²) in [5.74, 6) is -0.242. The van der Waals surface area contributed by atoms with Gasteiger partial charge in [-0.3, -0.25) is 10.1 Å². The number of hydrogen-bond donors (Lipinski definition) is 3. The Labute approximate surface area is 174 Å². The Kier molecular flexibility index (Phi) is 6.97. The summed E-state index contributed by atoms with van der Waals surface area (Å²) in [5, 5.41) is 10.4. The van der Waals surface area contributed by atoms with Gasteiger partial charge in [0.1, 0.15) is 5.69 Å². The van der Waals surface area contributed by atoms with Crippen LogP contribution in [0.1, 0.15) is 35.0 Å². The van der Waals surface area contributed by atoms with Crippen molar-refractivity contribution in [3.05, 3.63) is 76.8 Å². The van der Waals surface area contributed by atoms with Gasteiger partial charge in [-0.25, -0.2) is 9.78 Å². The van der Waals surface area contributed by atoms with Crippen LogP contribution in [0.2, 0.25) is 0 Å². The van der Waals surface area contributed by atoms with Gasteiger partial charge in [0, 0.05) is 17.1 Å². The molecule has 1 atom stereocenters. The predicted octanol–water partition coefficient (Wildman–Crippen LogP) is 4.85. The van der Waals surface area contributed by atoms with E-state index in [1.54, 1.807) is 5.38 Å². The first-order valence-electron chi connectivity index (χ1n) is 9.44. The third-order valence-corrected chi connectivity index (χ3v) is 5.11. The standard InChI is InChI=1S/C22H24N4O2S/c1-15-8-12-18(13-9-15)24-21(28)26-22-25-19(14-29-22)20(27)23-16(2)10-11-17-6-4-3-5-7-17/h3-9,12-14,16H,10-11H2,1-2H3,(H,23,27)(H2,24,25,26,28)/t16-/m0/s1. The molecule has 2 aromatic carbocycles. The first-order chi connectivity index (χ1) is 14.0. The molecule has 3 amide bonds. The van der Waals surface area contributed by atoms with Gasteiger partial charge in [0.15, 0.2) is 5.13 Å². The SMILES string of the molecule is Cc1ccc(NC(=O)Nc2nc(C(=O)N[C@@H](C)CCc3ccccc3)cs2)cc1. The Bertz CT molecular complexity index is 954. The predicted molar refractivity (Wildman–Crippen MR) is 118 cm³/mol. The number of nitrogens with one attached hydrogen (secondary N) is 3. The summed E-state index contributed by atoms with van der Waals surface area (Å²) >= 11 is 1.21. The lowest BCUT2D eigenvalue weighted by Gasteiger charge is -2.12. The highest BCUT2D eigenvalue weighted by Crippen LogP contribution is 2.17. The minimum Gasteiger partial charge on any atom is -0.348 e. The molecule has 0 bridgehead atoms. The van der Waals surface area contributed by atoms with Crippen LogP contribution in [0.3, 0.4) is 0 Å². The van der Waals surface area contributed by atoms with E-state index in [2.05, 4.69) is 33.1 Å². The number of thiazole rings is 1. The number of aryl methyl sites for hydroxylation is 2. The molecule has 3 aromatic rings. The number of amides is 3. The topological polar surface area (TPSA) is 83.1 Å². The van der Waals surface area contributed by atoms with Crippen molar-refractivity contribution < 1.29 is 9.59 Å². The molecule has 3 rings (SSSR count). The van der Waals surface area contributed by atoms with Crippen LogP contribution in [0, 0.1) is 6.92 Å². The fourth-order valence-electron chi connectivity index (χ4n) is 2.73. The highest BCUT2D eigenvalue weighted by molar-refractivity contribution is 7.14. The average Bonchev–Trinajstić information content (AvgIpc) is 3.17. The Morgan fingerprint density at radius 1 is 1.03 bits per heavy atom. The number of benzene rings is 2. The maximum atomic E-state index is 12.4. The summed E-state index contributed by atoms with van der Waals surface area (Å²) in [5.41, 5.74) is 3.35. The Morgan fingerprint density at radius 3 is 2.48 bits per heavy atom. The zero-order chi connectivity index (χ0) is 20.6. The quantitative estimate of drug-likeness (QED) is 0.523. The molecular formula is C22H24N4O2S. The molecule has 1 aromatic heterocycles. The summed E-state index contributed by atoms with van der Waals surface area (Å²) in [6.45, 7) is 3.95. The van der Waals surface area contributed by atoms with Gasteiger partial charge in [-0.1, -0.05) is 48.0 Å². The van der Waals surface area contributed by atoms with Crippen LogP contribution in [0.4, 0.5) is 15.6 Å². The van der Waals surface area contributed by atoms with Gasteiger partial charge in [-0.05, 0) is 44.4 Å². The van der Waals surface area contributed by atoms with Crippen molar-refractivity contribution in [2.24, 2.45) is 0 Å². The molecule has 29 heavy (non-hydrogen) atoms. The van der Waals surface area contributed by atoms with Crippen molar-refractivity contribution in [2.75, 3.05) is 10.6 Å². The number of aromatic nitrogens is 1. The molecule has 0 aliphatic heterocycles. The number of urea groups is 1. The fraction of sp³-hybridized carbons (Fsp3) is 0.227. The first-order valence-corrected chi connectivity index (χ1v) is 10.3. The van der Waals surface area contributed by atoms with E-state index < -0.39 is 6.03 Å². The summed E-state index contributed by atoms with van der Waals surface area (Å²) in [7, 11) is 0. The van der Waals surface area contributed by atoms with Gasteiger partial charge < -0.3 is 10.6 Å². The van der Waals surface area contributed by atoms with E-state index in [-0.39, 0.29) is 11.9 Å². The second kappa shape index (κ2) is 9.84. The largest absolute Gasteiger partial charge is 0.348 e. The number of anilines is 2. The van der Waals surface area contributed by atoms with Gasteiger partial charge in [-0.2, -0.15) is 0 Å². The molecule has 0 aliphatic rings. The lowest BCUT2D eigenvalue weighted by molar-refractivity contribution is 0.0934. The summed E-state index contributed by atoms with van der Waals surface area (Å²) in [4.78, 5) is 28.7. The molecule has 0 unspecified atom stereocenters. The fourth-order valence-corrected chi connectivity index (χ4v) is 3.42. The molecule has 1 heterocycles. The Morgan fingerprint density at radius 2 is 1.76 bits per heavy atom.